The van der Waals surface area contributed by atoms with Crippen molar-refractivity contribution in [1.29, 1.82) is 0 Å². The van der Waals surface area contributed by atoms with Crippen molar-refractivity contribution in [3.8, 4) is 0 Å². The first-order chi connectivity index (χ1) is 10.9. The third kappa shape index (κ3) is 2.11. The molecule has 2 aromatic heterocycles. The first-order valence-corrected chi connectivity index (χ1v) is 7.85. The van der Waals surface area contributed by atoms with Crippen LogP contribution in [-0.4, -0.2) is 49.8 Å². The number of halogens is 1. The summed E-state index contributed by atoms with van der Waals surface area (Å²) >= 11 is 6.12. The van der Waals surface area contributed by atoms with Gasteiger partial charge in [0.1, 0.15) is 34.9 Å². The van der Waals surface area contributed by atoms with Crippen molar-refractivity contribution in [2.75, 3.05) is 6.61 Å². The second-order valence-corrected chi connectivity index (χ2v) is 6.90. The highest BCUT2D eigenvalue weighted by atomic mass is 35.5. The third-order valence-electron chi connectivity index (χ3n) is 4.54. The molecule has 3 unspecified atom stereocenters. The zero-order valence-electron chi connectivity index (χ0n) is 13.1. The predicted molar refractivity (Wildman–Crippen MR) is 82.0 cm³/mol. The summed E-state index contributed by atoms with van der Waals surface area (Å²) in [6, 6.07) is 1.84. The number of rotatable bonds is 2. The second-order valence-electron chi connectivity index (χ2n) is 6.55. The average Bonchev–Trinajstić information content (AvgIpc) is 3.07. The summed E-state index contributed by atoms with van der Waals surface area (Å²) in [5.41, 5.74) is -0.0830. The Labute approximate surface area is 138 Å². The minimum absolute atomic E-state index is 0.155. The lowest BCUT2D eigenvalue weighted by Crippen LogP contribution is -2.45. The Kier molecular flexibility index (Phi) is 3.24. The molecule has 2 aromatic rings. The second kappa shape index (κ2) is 4.87. The first-order valence-electron chi connectivity index (χ1n) is 7.47. The SMILES string of the molecule is CC1(C)OC2C(n3ccc4c(Cl)ncnc43)OC(CO)[C@@]2(C)O1. The fraction of sp³-hybridized carbons (Fsp3) is 0.600. The van der Waals surface area contributed by atoms with E-state index in [-0.39, 0.29) is 12.7 Å². The van der Waals surface area contributed by atoms with E-state index in [2.05, 4.69) is 9.97 Å². The Bertz CT molecular complexity index is 764. The molecule has 4 heterocycles. The number of aliphatic hydroxyl groups excluding tert-OH is 1. The maximum atomic E-state index is 9.70. The van der Waals surface area contributed by atoms with Crippen molar-refractivity contribution in [1.82, 2.24) is 14.5 Å². The van der Waals surface area contributed by atoms with Crippen LogP contribution in [0, 0.1) is 0 Å². The van der Waals surface area contributed by atoms with E-state index < -0.39 is 23.7 Å². The van der Waals surface area contributed by atoms with Gasteiger partial charge in [-0.15, -0.1) is 0 Å². The van der Waals surface area contributed by atoms with E-state index in [9.17, 15) is 5.11 Å². The summed E-state index contributed by atoms with van der Waals surface area (Å²) < 4.78 is 20.0. The lowest BCUT2D eigenvalue weighted by Gasteiger charge is -2.28. The molecule has 2 fully saturated rings. The van der Waals surface area contributed by atoms with Crippen molar-refractivity contribution in [2.24, 2.45) is 0 Å². The Hall–Kier alpha value is -1.25. The predicted octanol–water partition coefficient (Wildman–Crippen LogP) is 1.88. The van der Waals surface area contributed by atoms with Gasteiger partial charge in [-0.1, -0.05) is 11.6 Å². The van der Waals surface area contributed by atoms with Crippen LogP contribution in [0.3, 0.4) is 0 Å². The average molecular weight is 340 g/mol. The van der Waals surface area contributed by atoms with Gasteiger partial charge < -0.3 is 23.9 Å². The number of fused-ring (bicyclic) bond motifs is 2. The van der Waals surface area contributed by atoms with Crippen molar-refractivity contribution in [3.05, 3.63) is 23.7 Å². The fourth-order valence-electron chi connectivity index (χ4n) is 3.58. The van der Waals surface area contributed by atoms with E-state index >= 15 is 0 Å². The normalized spacial score (nSPS) is 35.8. The molecule has 2 aliphatic rings. The van der Waals surface area contributed by atoms with Crippen LogP contribution in [0.5, 0.6) is 0 Å². The van der Waals surface area contributed by atoms with E-state index in [1.54, 1.807) is 0 Å². The highest BCUT2D eigenvalue weighted by Crippen LogP contribution is 2.50. The minimum Gasteiger partial charge on any atom is -0.394 e. The number of hydrogen-bond acceptors (Lipinski definition) is 6. The maximum Gasteiger partial charge on any atom is 0.165 e. The summed E-state index contributed by atoms with van der Waals surface area (Å²) in [5, 5.41) is 10.8. The van der Waals surface area contributed by atoms with Crippen LogP contribution in [0.4, 0.5) is 0 Å². The van der Waals surface area contributed by atoms with Crippen LogP contribution >= 0.6 is 11.6 Å². The van der Waals surface area contributed by atoms with Gasteiger partial charge in [0, 0.05) is 6.20 Å². The third-order valence-corrected chi connectivity index (χ3v) is 4.85. The molecular weight excluding hydrogens is 322 g/mol. The molecular formula is C15H18ClN3O4. The minimum atomic E-state index is -0.746. The fourth-order valence-corrected chi connectivity index (χ4v) is 3.77. The lowest BCUT2D eigenvalue weighted by molar-refractivity contribution is -0.214. The molecule has 124 valence electrons. The summed E-state index contributed by atoms with van der Waals surface area (Å²) in [7, 11) is 0. The molecule has 2 aliphatic heterocycles. The lowest BCUT2D eigenvalue weighted by atomic mass is 9.95. The molecule has 1 N–H and O–H groups in total. The van der Waals surface area contributed by atoms with Gasteiger partial charge >= 0.3 is 0 Å². The van der Waals surface area contributed by atoms with Gasteiger partial charge in [-0.25, -0.2) is 9.97 Å². The van der Waals surface area contributed by atoms with Gasteiger partial charge in [-0.3, -0.25) is 0 Å². The number of nitrogens with zero attached hydrogens (tertiary/aromatic N) is 3. The van der Waals surface area contributed by atoms with Crippen molar-refractivity contribution in [2.45, 2.75) is 50.6 Å². The van der Waals surface area contributed by atoms with E-state index in [1.807, 2.05) is 37.6 Å². The summed E-state index contributed by atoms with van der Waals surface area (Å²) in [5.74, 6) is -0.746. The Morgan fingerprint density at radius 3 is 2.87 bits per heavy atom. The van der Waals surface area contributed by atoms with E-state index in [0.29, 0.717) is 10.8 Å². The zero-order chi connectivity index (χ0) is 16.4. The highest BCUT2D eigenvalue weighted by Gasteiger charge is 2.63. The van der Waals surface area contributed by atoms with Crippen molar-refractivity contribution in [3.63, 3.8) is 0 Å². The molecule has 0 amide bonds. The zero-order valence-corrected chi connectivity index (χ0v) is 13.8. The number of aromatic nitrogens is 3. The summed E-state index contributed by atoms with van der Waals surface area (Å²) in [4.78, 5) is 8.29. The van der Waals surface area contributed by atoms with Gasteiger partial charge in [-0.2, -0.15) is 0 Å². The monoisotopic (exact) mass is 339 g/mol. The number of ether oxygens (including phenoxy) is 3. The molecule has 23 heavy (non-hydrogen) atoms. The van der Waals surface area contributed by atoms with Crippen LogP contribution in [0.1, 0.15) is 27.0 Å². The Balaban J connectivity index is 1.81. The van der Waals surface area contributed by atoms with Crippen LogP contribution in [-0.2, 0) is 14.2 Å². The molecule has 0 bridgehead atoms. The van der Waals surface area contributed by atoms with Crippen LogP contribution in [0.15, 0.2) is 18.6 Å². The molecule has 0 saturated carbocycles. The molecule has 2 saturated heterocycles. The van der Waals surface area contributed by atoms with Gasteiger partial charge in [0.25, 0.3) is 0 Å². The largest absolute Gasteiger partial charge is 0.394 e. The summed E-state index contributed by atoms with van der Waals surface area (Å²) in [6.45, 7) is 5.46. The first kappa shape index (κ1) is 15.3. The molecule has 8 heteroatoms. The number of hydrogen-bond donors (Lipinski definition) is 1. The molecule has 0 aliphatic carbocycles. The smallest absolute Gasteiger partial charge is 0.165 e. The molecule has 0 aromatic carbocycles. The molecule has 4 atom stereocenters. The maximum absolute atomic E-state index is 9.70. The van der Waals surface area contributed by atoms with Crippen LogP contribution in [0.25, 0.3) is 11.0 Å². The van der Waals surface area contributed by atoms with Gasteiger partial charge in [0.15, 0.2) is 12.0 Å². The molecule has 7 nitrogen and oxygen atoms in total. The van der Waals surface area contributed by atoms with Crippen molar-refractivity contribution < 1.29 is 19.3 Å². The molecule has 0 spiro atoms. The summed E-state index contributed by atoms with van der Waals surface area (Å²) in [6.07, 6.45) is 1.91. The quantitative estimate of drug-likeness (QED) is 0.842. The van der Waals surface area contributed by atoms with Crippen molar-refractivity contribution >= 4 is 22.6 Å². The van der Waals surface area contributed by atoms with Crippen LogP contribution in [0.2, 0.25) is 5.15 Å². The Morgan fingerprint density at radius 2 is 2.13 bits per heavy atom. The number of aliphatic hydroxyl groups is 1. The standard InChI is InChI=1S/C15H18ClN3O4/c1-14(2)22-10-13(21-9(6-20)15(10,3)23-14)19-5-4-8-11(16)17-7-18-12(8)19/h4-5,7,9-10,13,20H,6H2,1-3H3/t9?,10?,13?,15-/m1/s1. The molecule has 0 radical (unpaired) electrons. The van der Waals surface area contributed by atoms with E-state index in [0.717, 1.165) is 5.39 Å². The van der Waals surface area contributed by atoms with Crippen LogP contribution < -0.4 is 0 Å². The molecule has 4 rings (SSSR count). The van der Waals surface area contributed by atoms with E-state index in [1.165, 1.54) is 6.33 Å². The Morgan fingerprint density at radius 1 is 1.35 bits per heavy atom. The van der Waals surface area contributed by atoms with E-state index in [4.69, 9.17) is 25.8 Å². The van der Waals surface area contributed by atoms with Gasteiger partial charge in [-0.05, 0) is 26.8 Å². The van der Waals surface area contributed by atoms with Gasteiger partial charge in [0.2, 0.25) is 0 Å². The van der Waals surface area contributed by atoms with Gasteiger partial charge in [0.05, 0.1) is 12.0 Å². The topological polar surface area (TPSA) is 78.6 Å². The highest BCUT2D eigenvalue weighted by molar-refractivity contribution is 6.33.